The molecule has 0 radical (unpaired) electrons. The predicted octanol–water partition coefficient (Wildman–Crippen LogP) is 3.17. The van der Waals surface area contributed by atoms with Crippen molar-refractivity contribution in [2.45, 2.75) is 31.8 Å². The molecule has 1 unspecified atom stereocenters. The lowest BCUT2D eigenvalue weighted by atomic mass is 10.0. The summed E-state index contributed by atoms with van der Waals surface area (Å²) >= 11 is 5.90. The molecule has 1 fully saturated rings. The van der Waals surface area contributed by atoms with E-state index in [-0.39, 0.29) is 6.10 Å². The molecule has 18 heavy (non-hydrogen) atoms. The summed E-state index contributed by atoms with van der Waals surface area (Å²) < 4.78 is 0. The van der Waals surface area contributed by atoms with E-state index in [0.29, 0.717) is 28.7 Å². The smallest absolute Gasteiger partial charge is 0.101 e. The second-order valence-electron chi connectivity index (χ2n) is 4.79. The first-order valence-electron chi connectivity index (χ1n) is 6.32. The molecular formula is C14H17ClN2O. The lowest BCUT2D eigenvalue weighted by Gasteiger charge is -2.19. The molecule has 1 aromatic carbocycles. The minimum atomic E-state index is -0.349. The van der Waals surface area contributed by atoms with Crippen molar-refractivity contribution in [2.24, 2.45) is 5.92 Å². The first-order chi connectivity index (χ1) is 8.70. The second kappa shape index (κ2) is 6.08. The summed E-state index contributed by atoms with van der Waals surface area (Å²) in [5.74, 6) is 0.391. The Morgan fingerprint density at radius 3 is 2.83 bits per heavy atom. The molecule has 3 nitrogen and oxygen atoms in total. The van der Waals surface area contributed by atoms with Crippen LogP contribution in [0.3, 0.4) is 0 Å². The number of nitrogens with one attached hydrogen (secondary N) is 1. The zero-order valence-corrected chi connectivity index (χ0v) is 11.0. The molecule has 1 saturated carbocycles. The van der Waals surface area contributed by atoms with Crippen molar-refractivity contribution in [3.63, 3.8) is 0 Å². The van der Waals surface area contributed by atoms with Crippen molar-refractivity contribution >= 4 is 17.3 Å². The number of aliphatic hydroxyl groups excluding tert-OH is 1. The van der Waals surface area contributed by atoms with Crippen LogP contribution in [0, 0.1) is 17.2 Å². The van der Waals surface area contributed by atoms with Crippen molar-refractivity contribution in [2.75, 3.05) is 11.9 Å². The number of hydrogen-bond acceptors (Lipinski definition) is 3. The highest BCUT2D eigenvalue weighted by Crippen LogP contribution is 2.28. The van der Waals surface area contributed by atoms with Gasteiger partial charge in [-0.2, -0.15) is 5.26 Å². The normalized spacial score (nSPS) is 17.4. The molecule has 1 aromatic rings. The van der Waals surface area contributed by atoms with Crippen LogP contribution in [0.25, 0.3) is 0 Å². The van der Waals surface area contributed by atoms with Gasteiger partial charge < -0.3 is 10.4 Å². The zero-order valence-electron chi connectivity index (χ0n) is 10.2. The van der Waals surface area contributed by atoms with Crippen molar-refractivity contribution < 1.29 is 5.11 Å². The Hall–Kier alpha value is -1.24. The molecule has 0 aromatic heterocycles. The number of halogens is 1. The minimum Gasteiger partial charge on any atom is -0.391 e. The van der Waals surface area contributed by atoms with Gasteiger partial charge in [0.2, 0.25) is 0 Å². The summed E-state index contributed by atoms with van der Waals surface area (Å²) in [6.07, 6.45) is 4.27. The van der Waals surface area contributed by atoms with Crippen LogP contribution in [0.1, 0.15) is 31.2 Å². The number of anilines is 1. The van der Waals surface area contributed by atoms with Crippen LogP contribution in [0.15, 0.2) is 18.2 Å². The van der Waals surface area contributed by atoms with Crippen molar-refractivity contribution in [1.29, 1.82) is 5.26 Å². The Morgan fingerprint density at radius 1 is 1.44 bits per heavy atom. The molecule has 1 aliphatic carbocycles. The molecule has 0 aliphatic heterocycles. The van der Waals surface area contributed by atoms with Gasteiger partial charge in [0.15, 0.2) is 0 Å². The highest BCUT2D eigenvalue weighted by Gasteiger charge is 2.22. The molecule has 0 bridgehead atoms. The molecule has 0 spiro atoms. The molecule has 0 saturated heterocycles. The summed E-state index contributed by atoms with van der Waals surface area (Å²) in [7, 11) is 0. The fourth-order valence-corrected chi connectivity index (χ4v) is 2.66. The van der Waals surface area contributed by atoms with Gasteiger partial charge in [-0.3, -0.25) is 0 Å². The second-order valence-corrected chi connectivity index (χ2v) is 5.23. The summed E-state index contributed by atoms with van der Waals surface area (Å²) in [5.41, 5.74) is 1.25. The number of nitriles is 1. The molecule has 96 valence electrons. The van der Waals surface area contributed by atoms with Crippen molar-refractivity contribution in [1.82, 2.24) is 0 Å². The topological polar surface area (TPSA) is 56.0 Å². The average Bonchev–Trinajstić information content (AvgIpc) is 2.90. The fourth-order valence-electron chi connectivity index (χ4n) is 2.48. The highest BCUT2D eigenvalue weighted by atomic mass is 35.5. The molecule has 2 rings (SSSR count). The van der Waals surface area contributed by atoms with E-state index in [1.807, 2.05) is 0 Å². The van der Waals surface area contributed by atoms with Gasteiger partial charge >= 0.3 is 0 Å². The van der Waals surface area contributed by atoms with E-state index in [9.17, 15) is 5.11 Å². The standard InChI is InChI=1S/C14H17ClN2O/c15-12-6-5-11(8-16)13(7-12)17-9-14(18)10-3-1-2-4-10/h5-7,10,14,17-18H,1-4,9H2. The van der Waals surface area contributed by atoms with Gasteiger partial charge in [-0.1, -0.05) is 24.4 Å². The van der Waals surface area contributed by atoms with Gasteiger partial charge in [-0.25, -0.2) is 0 Å². The van der Waals surface area contributed by atoms with Gasteiger partial charge in [0.25, 0.3) is 0 Å². The van der Waals surface area contributed by atoms with Crippen molar-refractivity contribution in [3.8, 4) is 6.07 Å². The molecule has 1 atom stereocenters. The maximum atomic E-state index is 10.1. The summed E-state index contributed by atoms with van der Waals surface area (Å²) in [5, 5.41) is 22.8. The summed E-state index contributed by atoms with van der Waals surface area (Å²) in [6.45, 7) is 0.472. The van der Waals surface area contributed by atoms with Gasteiger partial charge in [-0.05, 0) is 37.0 Å². The molecule has 4 heteroatoms. The zero-order chi connectivity index (χ0) is 13.0. The van der Waals surface area contributed by atoms with E-state index in [4.69, 9.17) is 16.9 Å². The number of rotatable bonds is 4. The monoisotopic (exact) mass is 264 g/mol. The van der Waals surface area contributed by atoms with Crippen LogP contribution in [0.4, 0.5) is 5.69 Å². The molecule has 1 aliphatic rings. The number of benzene rings is 1. The molecule has 2 N–H and O–H groups in total. The Morgan fingerprint density at radius 2 is 2.17 bits per heavy atom. The fraction of sp³-hybridized carbons (Fsp3) is 0.500. The SMILES string of the molecule is N#Cc1ccc(Cl)cc1NCC(O)C1CCCC1. The largest absolute Gasteiger partial charge is 0.391 e. The Kier molecular flexibility index (Phi) is 4.46. The van der Waals surface area contributed by atoms with E-state index in [1.165, 1.54) is 12.8 Å². The first-order valence-corrected chi connectivity index (χ1v) is 6.70. The Bertz CT molecular complexity index is 450. The van der Waals surface area contributed by atoms with Gasteiger partial charge in [0.1, 0.15) is 6.07 Å². The summed E-state index contributed by atoms with van der Waals surface area (Å²) in [6, 6.07) is 7.22. The molecular weight excluding hydrogens is 248 g/mol. The van der Waals surface area contributed by atoms with Crippen LogP contribution in [0.2, 0.25) is 5.02 Å². The van der Waals surface area contributed by atoms with Crippen LogP contribution < -0.4 is 5.32 Å². The van der Waals surface area contributed by atoms with Crippen LogP contribution in [-0.4, -0.2) is 17.8 Å². The van der Waals surface area contributed by atoms with Crippen molar-refractivity contribution in [3.05, 3.63) is 28.8 Å². The van der Waals surface area contributed by atoms with Gasteiger partial charge in [0.05, 0.1) is 17.4 Å². The predicted molar refractivity (Wildman–Crippen MR) is 72.6 cm³/mol. The first kappa shape index (κ1) is 13.2. The average molecular weight is 265 g/mol. The minimum absolute atomic E-state index is 0.349. The molecule has 0 amide bonds. The quantitative estimate of drug-likeness (QED) is 0.878. The summed E-state index contributed by atoms with van der Waals surface area (Å²) in [4.78, 5) is 0. The van der Waals surface area contributed by atoms with Gasteiger partial charge in [0, 0.05) is 11.6 Å². The lowest BCUT2D eigenvalue weighted by Crippen LogP contribution is -2.26. The maximum absolute atomic E-state index is 10.1. The number of hydrogen-bond donors (Lipinski definition) is 2. The highest BCUT2D eigenvalue weighted by molar-refractivity contribution is 6.30. The van der Waals surface area contributed by atoms with Gasteiger partial charge in [-0.15, -0.1) is 0 Å². The number of aliphatic hydroxyl groups is 1. The molecule has 0 heterocycles. The Balaban J connectivity index is 1.97. The van der Waals surface area contributed by atoms with Crippen LogP contribution >= 0.6 is 11.6 Å². The van der Waals surface area contributed by atoms with E-state index in [2.05, 4.69) is 11.4 Å². The van der Waals surface area contributed by atoms with E-state index in [0.717, 1.165) is 12.8 Å². The third kappa shape index (κ3) is 3.16. The maximum Gasteiger partial charge on any atom is 0.101 e. The Labute approximate surface area is 112 Å². The van der Waals surface area contributed by atoms with E-state index >= 15 is 0 Å². The lowest BCUT2D eigenvalue weighted by molar-refractivity contribution is 0.123. The number of nitrogens with zero attached hydrogens (tertiary/aromatic N) is 1. The van der Waals surface area contributed by atoms with Crippen LogP contribution in [-0.2, 0) is 0 Å². The van der Waals surface area contributed by atoms with E-state index < -0.39 is 0 Å². The van der Waals surface area contributed by atoms with E-state index in [1.54, 1.807) is 18.2 Å². The third-order valence-corrected chi connectivity index (χ3v) is 3.78. The third-order valence-electron chi connectivity index (χ3n) is 3.55. The van der Waals surface area contributed by atoms with Crippen LogP contribution in [0.5, 0.6) is 0 Å².